The number of nitrogens with one attached hydrogen (secondary N) is 2. The standard InChI is InChI=1S/C6H8N4O2S3/c1-7-3(11)13-5-9-10-6(15-5)14-4(12)8-2/h1-2H3,(H,7,11)(H,8,12). The van der Waals surface area contributed by atoms with Crippen LogP contribution in [0.25, 0.3) is 0 Å². The van der Waals surface area contributed by atoms with Crippen molar-refractivity contribution in [3.05, 3.63) is 0 Å². The lowest BCUT2D eigenvalue weighted by Crippen LogP contribution is -2.10. The molecule has 1 heterocycles. The molecule has 2 N–H and O–H groups in total. The second-order valence-corrected chi connectivity index (χ2v) is 5.53. The van der Waals surface area contributed by atoms with Crippen LogP contribution in [0.4, 0.5) is 9.59 Å². The van der Waals surface area contributed by atoms with E-state index in [4.69, 9.17) is 0 Å². The Bertz CT molecular complexity index is 335. The number of rotatable bonds is 2. The highest BCUT2D eigenvalue weighted by Gasteiger charge is 2.11. The maximum atomic E-state index is 11.0. The number of amides is 2. The summed E-state index contributed by atoms with van der Waals surface area (Å²) in [6, 6.07) is 0. The predicted octanol–water partition coefficient (Wildman–Crippen LogP) is 1.40. The average molecular weight is 264 g/mol. The molecule has 0 fully saturated rings. The first-order valence-corrected chi connectivity index (χ1v) is 6.23. The van der Waals surface area contributed by atoms with Gasteiger partial charge in [-0.2, -0.15) is 0 Å². The highest BCUT2D eigenvalue weighted by atomic mass is 32.2. The molecular weight excluding hydrogens is 256 g/mol. The topological polar surface area (TPSA) is 84.0 Å². The largest absolute Gasteiger partial charge is 0.350 e. The van der Waals surface area contributed by atoms with Gasteiger partial charge in [0.05, 0.1) is 0 Å². The van der Waals surface area contributed by atoms with Gasteiger partial charge in [-0.05, 0) is 0 Å². The van der Waals surface area contributed by atoms with E-state index in [1.54, 1.807) is 0 Å². The van der Waals surface area contributed by atoms with Gasteiger partial charge in [0.1, 0.15) is 0 Å². The molecule has 1 aromatic rings. The average Bonchev–Trinajstić information content (AvgIpc) is 2.65. The normalized spacial score (nSPS) is 9.73. The Kier molecular flexibility index (Phi) is 4.85. The Morgan fingerprint density at radius 3 is 1.80 bits per heavy atom. The molecule has 0 saturated heterocycles. The van der Waals surface area contributed by atoms with Crippen LogP contribution in [-0.4, -0.2) is 34.8 Å². The minimum atomic E-state index is -0.206. The van der Waals surface area contributed by atoms with Gasteiger partial charge in [0.25, 0.3) is 10.5 Å². The van der Waals surface area contributed by atoms with Crippen LogP contribution in [0.15, 0.2) is 8.68 Å². The van der Waals surface area contributed by atoms with E-state index in [1.165, 1.54) is 25.4 Å². The molecule has 0 bridgehead atoms. The zero-order valence-electron chi connectivity index (χ0n) is 7.94. The van der Waals surface area contributed by atoms with E-state index < -0.39 is 0 Å². The second-order valence-electron chi connectivity index (χ2n) is 2.11. The summed E-state index contributed by atoms with van der Waals surface area (Å²) in [6.07, 6.45) is 0. The molecule has 0 saturated carbocycles. The quantitative estimate of drug-likeness (QED) is 0.786. The van der Waals surface area contributed by atoms with Crippen molar-refractivity contribution in [2.75, 3.05) is 14.1 Å². The van der Waals surface area contributed by atoms with Crippen molar-refractivity contribution in [3.8, 4) is 0 Å². The fraction of sp³-hybridized carbons (Fsp3) is 0.333. The first-order chi connectivity index (χ1) is 7.15. The van der Waals surface area contributed by atoms with Crippen molar-refractivity contribution >= 4 is 45.3 Å². The van der Waals surface area contributed by atoms with Crippen molar-refractivity contribution < 1.29 is 9.59 Å². The summed E-state index contributed by atoms with van der Waals surface area (Å²) in [4.78, 5) is 21.9. The third-order valence-electron chi connectivity index (χ3n) is 1.16. The number of thioether (sulfide) groups is 2. The van der Waals surface area contributed by atoms with Crippen LogP contribution in [0.2, 0.25) is 0 Å². The molecule has 0 spiro atoms. The lowest BCUT2D eigenvalue weighted by molar-refractivity contribution is 0.261. The molecule has 1 aromatic heterocycles. The Morgan fingerprint density at radius 2 is 1.47 bits per heavy atom. The summed E-state index contributed by atoms with van der Waals surface area (Å²) >= 11 is 3.10. The van der Waals surface area contributed by atoms with Gasteiger partial charge in [-0.3, -0.25) is 9.59 Å². The van der Waals surface area contributed by atoms with Crippen LogP contribution in [-0.2, 0) is 0 Å². The minimum Gasteiger partial charge on any atom is -0.350 e. The van der Waals surface area contributed by atoms with Crippen molar-refractivity contribution in [1.29, 1.82) is 0 Å². The summed E-state index contributed by atoms with van der Waals surface area (Å²) in [5.74, 6) is 0. The van der Waals surface area contributed by atoms with E-state index in [2.05, 4.69) is 20.8 Å². The highest BCUT2D eigenvalue weighted by molar-refractivity contribution is 8.16. The van der Waals surface area contributed by atoms with Crippen LogP contribution in [0.3, 0.4) is 0 Å². The van der Waals surface area contributed by atoms with Crippen LogP contribution in [0.1, 0.15) is 0 Å². The monoisotopic (exact) mass is 264 g/mol. The number of hydrogen-bond acceptors (Lipinski definition) is 7. The van der Waals surface area contributed by atoms with Gasteiger partial charge in [-0.25, -0.2) is 0 Å². The van der Waals surface area contributed by atoms with E-state index in [0.717, 1.165) is 23.5 Å². The van der Waals surface area contributed by atoms with E-state index >= 15 is 0 Å². The molecule has 0 unspecified atom stereocenters. The van der Waals surface area contributed by atoms with Crippen molar-refractivity contribution in [1.82, 2.24) is 20.8 Å². The number of nitrogens with zero attached hydrogens (tertiary/aromatic N) is 2. The number of carbonyl (C=O) groups is 2. The van der Waals surface area contributed by atoms with E-state index in [-0.39, 0.29) is 10.5 Å². The fourth-order valence-electron chi connectivity index (χ4n) is 0.540. The van der Waals surface area contributed by atoms with E-state index in [9.17, 15) is 9.59 Å². The molecule has 6 nitrogen and oxygen atoms in total. The van der Waals surface area contributed by atoms with Gasteiger partial charge in [0.15, 0.2) is 8.68 Å². The second kappa shape index (κ2) is 5.93. The molecule has 2 amide bonds. The Labute approximate surface area is 98.6 Å². The molecule has 0 atom stereocenters. The van der Waals surface area contributed by atoms with Crippen molar-refractivity contribution in [2.24, 2.45) is 0 Å². The summed E-state index contributed by atoms with van der Waals surface area (Å²) < 4.78 is 1.03. The van der Waals surface area contributed by atoms with Gasteiger partial charge in [0.2, 0.25) is 0 Å². The first-order valence-electron chi connectivity index (χ1n) is 3.78. The van der Waals surface area contributed by atoms with Gasteiger partial charge >= 0.3 is 0 Å². The Balaban J connectivity index is 2.56. The third-order valence-corrected chi connectivity index (χ3v) is 3.96. The lowest BCUT2D eigenvalue weighted by Gasteiger charge is -1.92. The summed E-state index contributed by atoms with van der Waals surface area (Å²) in [5, 5.41) is 12.0. The zero-order chi connectivity index (χ0) is 11.3. The van der Waals surface area contributed by atoms with Gasteiger partial charge in [0, 0.05) is 37.6 Å². The van der Waals surface area contributed by atoms with Crippen LogP contribution < -0.4 is 10.6 Å². The molecule has 9 heteroatoms. The molecule has 0 aliphatic heterocycles. The number of aromatic nitrogens is 2. The van der Waals surface area contributed by atoms with Gasteiger partial charge < -0.3 is 10.6 Å². The fourth-order valence-corrected chi connectivity index (χ4v) is 2.96. The molecule has 15 heavy (non-hydrogen) atoms. The molecule has 1 rings (SSSR count). The maximum absolute atomic E-state index is 11.0. The molecule has 0 aliphatic rings. The van der Waals surface area contributed by atoms with Crippen molar-refractivity contribution in [3.63, 3.8) is 0 Å². The SMILES string of the molecule is CNC(=O)Sc1nnc(SC(=O)NC)s1. The Hall–Kier alpha value is -0.800. The van der Waals surface area contributed by atoms with Crippen LogP contribution in [0, 0.1) is 0 Å². The maximum Gasteiger partial charge on any atom is 0.285 e. The van der Waals surface area contributed by atoms with Crippen molar-refractivity contribution in [2.45, 2.75) is 8.68 Å². The predicted molar refractivity (Wildman–Crippen MR) is 60.5 cm³/mol. The summed E-state index contributed by atoms with van der Waals surface area (Å²) in [6.45, 7) is 0. The number of hydrogen-bond donors (Lipinski definition) is 2. The molecule has 82 valence electrons. The van der Waals surface area contributed by atoms with Crippen LogP contribution >= 0.6 is 34.9 Å². The molecule has 0 radical (unpaired) electrons. The van der Waals surface area contributed by atoms with Gasteiger partial charge in [-0.1, -0.05) is 11.3 Å². The Morgan fingerprint density at radius 1 is 1.07 bits per heavy atom. The smallest absolute Gasteiger partial charge is 0.285 e. The number of carbonyl (C=O) groups excluding carboxylic acids is 2. The highest BCUT2D eigenvalue weighted by Crippen LogP contribution is 2.28. The van der Waals surface area contributed by atoms with Gasteiger partial charge in [-0.15, -0.1) is 10.2 Å². The summed E-state index contributed by atoms with van der Waals surface area (Å²) in [5.41, 5.74) is 0. The molecule has 0 aromatic carbocycles. The molecule has 0 aliphatic carbocycles. The minimum absolute atomic E-state index is 0.206. The van der Waals surface area contributed by atoms with Crippen LogP contribution in [0.5, 0.6) is 0 Å². The first kappa shape index (κ1) is 12.3. The lowest BCUT2D eigenvalue weighted by atomic mass is 11.2. The zero-order valence-corrected chi connectivity index (χ0v) is 10.4. The van der Waals surface area contributed by atoms with E-state index in [0.29, 0.717) is 8.68 Å². The van der Waals surface area contributed by atoms with E-state index in [1.807, 2.05) is 0 Å². The third kappa shape index (κ3) is 4.06. The molecular formula is C6H8N4O2S3. The summed E-state index contributed by atoms with van der Waals surface area (Å²) in [7, 11) is 3.08.